The zero-order chi connectivity index (χ0) is 13.2. The molecule has 3 rings (SSSR count). The first kappa shape index (κ1) is 11.9. The van der Waals surface area contributed by atoms with E-state index >= 15 is 0 Å². The molecule has 6 heteroatoms. The van der Waals surface area contributed by atoms with Gasteiger partial charge < -0.3 is 15.2 Å². The number of hydrogen-bond donors (Lipinski definition) is 2. The summed E-state index contributed by atoms with van der Waals surface area (Å²) in [7, 11) is 1.89. The van der Waals surface area contributed by atoms with Crippen LogP contribution in [0.1, 0.15) is 0 Å². The van der Waals surface area contributed by atoms with Crippen molar-refractivity contribution in [1.82, 2.24) is 20.1 Å². The fraction of sp³-hybridized carbons (Fsp3) is 0.308. The molecule has 1 aliphatic rings. The largest absolute Gasteiger partial charge is 0.326 e. The summed E-state index contributed by atoms with van der Waals surface area (Å²) >= 11 is 0. The van der Waals surface area contributed by atoms with Crippen molar-refractivity contribution in [1.29, 1.82) is 0 Å². The molecule has 0 atom stereocenters. The average molecular weight is 257 g/mol. The summed E-state index contributed by atoms with van der Waals surface area (Å²) in [5, 5.41) is 13.9. The van der Waals surface area contributed by atoms with Gasteiger partial charge in [0.05, 0.1) is 5.92 Å². The molecule has 0 bridgehead atoms. The minimum Gasteiger partial charge on any atom is -0.326 e. The van der Waals surface area contributed by atoms with Gasteiger partial charge in [-0.2, -0.15) is 0 Å². The maximum absolute atomic E-state index is 11.9. The van der Waals surface area contributed by atoms with Crippen LogP contribution in [0.4, 0.5) is 5.69 Å². The Hall–Kier alpha value is -2.21. The number of nitrogens with zero attached hydrogens (tertiary/aromatic N) is 3. The van der Waals surface area contributed by atoms with Crippen LogP contribution >= 0.6 is 0 Å². The summed E-state index contributed by atoms with van der Waals surface area (Å²) in [6.45, 7) is 1.52. The summed E-state index contributed by atoms with van der Waals surface area (Å²) in [6.07, 6.45) is 1.65. The molecule has 2 aromatic rings. The van der Waals surface area contributed by atoms with Gasteiger partial charge in [-0.1, -0.05) is 12.1 Å². The molecular formula is C13H15N5O. The third-order valence-electron chi connectivity index (χ3n) is 3.25. The Balaban J connectivity index is 1.80. The van der Waals surface area contributed by atoms with Crippen LogP contribution in [-0.4, -0.2) is 33.8 Å². The number of hydrogen-bond acceptors (Lipinski definition) is 4. The molecule has 0 radical (unpaired) electrons. The highest BCUT2D eigenvalue weighted by molar-refractivity contribution is 5.93. The quantitative estimate of drug-likeness (QED) is 0.846. The predicted molar refractivity (Wildman–Crippen MR) is 71.4 cm³/mol. The lowest BCUT2D eigenvalue weighted by Crippen LogP contribution is -2.48. The molecule has 1 aliphatic heterocycles. The number of rotatable bonds is 3. The van der Waals surface area contributed by atoms with E-state index in [1.165, 1.54) is 0 Å². The van der Waals surface area contributed by atoms with Crippen LogP contribution in [0.3, 0.4) is 0 Å². The first-order valence-corrected chi connectivity index (χ1v) is 6.20. The molecule has 1 amide bonds. The zero-order valence-corrected chi connectivity index (χ0v) is 10.6. The first-order valence-electron chi connectivity index (χ1n) is 6.20. The number of aryl methyl sites for hydroxylation is 1. The van der Waals surface area contributed by atoms with Gasteiger partial charge in [0, 0.05) is 31.4 Å². The van der Waals surface area contributed by atoms with E-state index < -0.39 is 0 Å². The van der Waals surface area contributed by atoms with Crippen LogP contribution < -0.4 is 10.6 Å². The number of benzene rings is 1. The molecule has 19 heavy (non-hydrogen) atoms. The maximum Gasteiger partial charge on any atom is 0.230 e. The predicted octanol–water partition coefficient (Wildman–Crippen LogP) is 0.640. The summed E-state index contributed by atoms with van der Waals surface area (Å²) in [5.74, 6) is 0.925. The molecule has 0 aliphatic carbocycles. The van der Waals surface area contributed by atoms with Gasteiger partial charge in [0.1, 0.15) is 6.33 Å². The van der Waals surface area contributed by atoms with Crippen molar-refractivity contribution in [2.75, 3.05) is 18.4 Å². The molecule has 98 valence electrons. The minimum atomic E-state index is 0.0638. The second kappa shape index (κ2) is 4.81. The molecule has 2 heterocycles. The van der Waals surface area contributed by atoms with Crippen molar-refractivity contribution in [2.24, 2.45) is 13.0 Å². The number of amides is 1. The SMILES string of the molecule is Cn1cnnc1-c1cccc(NC(=O)C2CNC2)c1. The lowest BCUT2D eigenvalue weighted by atomic mass is 10.0. The van der Waals surface area contributed by atoms with Gasteiger partial charge in [-0.05, 0) is 12.1 Å². The number of aromatic nitrogens is 3. The summed E-state index contributed by atoms with van der Waals surface area (Å²) < 4.78 is 1.84. The third-order valence-corrected chi connectivity index (χ3v) is 3.25. The van der Waals surface area contributed by atoms with Gasteiger partial charge in [0.25, 0.3) is 0 Å². The van der Waals surface area contributed by atoms with Crippen LogP contribution in [0, 0.1) is 5.92 Å². The number of carbonyl (C=O) groups is 1. The van der Waals surface area contributed by atoms with E-state index in [0.717, 1.165) is 30.2 Å². The van der Waals surface area contributed by atoms with E-state index in [9.17, 15) is 4.79 Å². The van der Waals surface area contributed by atoms with E-state index in [-0.39, 0.29) is 11.8 Å². The van der Waals surface area contributed by atoms with Gasteiger partial charge in [0.2, 0.25) is 5.91 Å². The Labute approximate surface area is 110 Å². The van der Waals surface area contributed by atoms with Crippen molar-refractivity contribution < 1.29 is 4.79 Å². The third kappa shape index (κ3) is 2.34. The fourth-order valence-electron chi connectivity index (χ4n) is 2.00. The molecule has 0 saturated carbocycles. The normalized spacial score (nSPS) is 15.0. The van der Waals surface area contributed by atoms with E-state index in [1.807, 2.05) is 35.9 Å². The molecular weight excluding hydrogens is 242 g/mol. The highest BCUT2D eigenvalue weighted by atomic mass is 16.2. The Morgan fingerprint density at radius 2 is 2.32 bits per heavy atom. The Morgan fingerprint density at radius 1 is 1.47 bits per heavy atom. The van der Waals surface area contributed by atoms with Gasteiger partial charge in [-0.15, -0.1) is 10.2 Å². The van der Waals surface area contributed by atoms with E-state index in [4.69, 9.17) is 0 Å². The number of nitrogens with one attached hydrogen (secondary N) is 2. The van der Waals surface area contributed by atoms with Crippen LogP contribution in [0.5, 0.6) is 0 Å². The highest BCUT2D eigenvalue weighted by Gasteiger charge is 2.24. The van der Waals surface area contributed by atoms with Crippen LogP contribution in [-0.2, 0) is 11.8 Å². The van der Waals surface area contributed by atoms with Crippen molar-refractivity contribution in [2.45, 2.75) is 0 Å². The van der Waals surface area contributed by atoms with Crippen LogP contribution in [0.15, 0.2) is 30.6 Å². The van der Waals surface area contributed by atoms with Crippen molar-refractivity contribution in [3.8, 4) is 11.4 Å². The van der Waals surface area contributed by atoms with Gasteiger partial charge in [-0.25, -0.2) is 0 Å². The average Bonchev–Trinajstić information content (AvgIpc) is 2.73. The minimum absolute atomic E-state index is 0.0638. The Morgan fingerprint density at radius 3 is 2.95 bits per heavy atom. The van der Waals surface area contributed by atoms with Crippen molar-refractivity contribution in [3.63, 3.8) is 0 Å². The lowest BCUT2D eigenvalue weighted by Gasteiger charge is -2.25. The molecule has 1 aromatic heterocycles. The first-order chi connectivity index (χ1) is 9.24. The van der Waals surface area contributed by atoms with Crippen LogP contribution in [0.2, 0.25) is 0 Å². The summed E-state index contributed by atoms with van der Waals surface area (Å²) in [6, 6.07) is 7.64. The van der Waals surface area contributed by atoms with Crippen molar-refractivity contribution >= 4 is 11.6 Å². The van der Waals surface area contributed by atoms with Gasteiger partial charge in [0.15, 0.2) is 5.82 Å². The second-order valence-electron chi connectivity index (χ2n) is 4.69. The van der Waals surface area contributed by atoms with Crippen molar-refractivity contribution in [3.05, 3.63) is 30.6 Å². The Bertz CT molecular complexity index is 603. The highest BCUT2D eigenvalue weighted by Crippen LogP contribution is 2.20. The molecule has 1 fully saturated rings. The number of anilines is 1. The standard InChI is InChI=1S/C13H15N5O/c1-18-8-15-17-12(18)9-3-2-4-11(5-9)16-13(19)10-6-14-7-10/h2-5,8,10,14H,6-7H2,1H3,(H,16,19). The monoisotopic (exact) mass is 257 g/mol. The molecule has 1 aromatic carbocycles. The lowest BCUT2D eigenvalue weighted by molar-refractivity contribution is -0.121. The topological polar surface area (TPSA) is 71.8 Å². The molecule has 0 spiro atoms. The van der Waals surface area contributed by atoms with Gasteiger partial charge in [-0.3, -0.25) is 4.79 Å². The van der Waals surface area contributed by atoms with Crippen LogP contribution in [0.25, 0.3) is 11.4 Å². The summed E-state index contributed by atoms with van der Waals surface area (Å²) in [4.78, 5) is 11.9. The van der Waals surface area contributed by atoms with E-state index in [2.05, 4.69) is 20.8 Å². The molecule has 0 unspecified atom stereocenters. The van der Waals surface area contributed by atoms with Gasteiger partial charge >= 0.3 is 0 Å². The maximum atomic E-state index is 11.9. The fourth-order valence-corrected chi connectivity index (χ4v) is 2.00. The molecule has 1 saturated heterocycles. The second-order valence-corrected chi connectivity index (χ2v) is 4.69. The smallest absolute Gasteiger partial charge is 0.230 e. The number of carbonyl (C=O) groups excluding carboxylic acids is 1. The molecule has 2 N–H and O–H groups in total. The Kier molecular flexibility index (Phi) is 3.00. The zero-order valence-electron chi connectivity index (χ0n) is 10.6. The van der Waals surface area contributed by atoms with E-state index in [0.29, 0.717) is 0 Å². The van der Waals surface area contributed by atoms with E-state index in [1.54, 1.807) is 6.33 Å². The summed E-state index contributed by atoms with van der Waals surface area (Å²) in [5.41, 5.74) is 1.72. The molecule has 6 nitrogen and oxygen atoms in total.